The molecule has 1 unspecified atom stereocenters. The number of hydrogen-bond donors (Lipinski definition) is 1. The second-order valence-electron chi connectivity index (χ2n) is 3.31. The number of nitrogens with zero attached hydrogens (tertiary/aromatic N) is 1. The zero-order valence-electron chi connectivity index (χ0n) is 7.29. The summed E-state index contributed by atoms with van der Waals surface area (Å²) in [6, 6.07) is 2.12. The highest BCUT2D eigenvalue weighted by Gasteiger charge is 2.21. The van der Waals surface area contributed by atoms with Gasteiger partial charge in [0.25, 0.3) is 0 Å². The van der Waals surface area contributed by atoms with Crippen LogP contribution in [0.1, 0.15) is 20.3 Å². The van der Waals surface area contributed by atoms with E-state index in [1.807, 2.05) is 0 Å². The fraction of sp³-hybridized carbons (Fsp3) is 0.875. The molecule has 3 heteroatoms. The van der Waals surface area contributed by atoms with Crippen LogP contribution >= 0.6 is 0 Å². The van der Waals surface area contributed by atoms with Gasteiger partial charge in [0.05, 0.1) is 24.2 Å². The van der Waals surface area contributed by atoms with E-state index in [0.717, 1.165) is 0 Å². The molecule has 0 fully saturated rings. The van der Waals surface area contributed by atoms with E-state index in [0.29, 0.717) is 13.0 Å². The number of ether oxygens (including phenoxy) is 1. The van der Waals surface area contributed by atoms with E-state index in [4.69, 9.17) is 10.00 Å². The Morgan fingerprint density at radius 2 is 2.18 bits per heavy atom. The molecule has 0 amide bonds. The second-order valence-corrected chi connectivity index (χ2v) is 3.31. The van der Waals surface area contributed by atoms with E-state index in [9.17, 15) is 5.11 Å². The quantitative estimate of drug-likeness (QED) is 0.660. The van der Waals surface area contributed by atoms with Crippen molar-refractivity contribution < 1.29 is 9.84 Å². The lowest BCUT2D eigenvalue weighted by molar-refractivity contribution is 0.0437. The van der Waals surface area contributed by atoms with Gasteiger partial charge in [-0.05, 0) is 20.3 Å². The monoisotopic (exact) mass is 157 g/mol. The predicted octanol–water partition coefficient (Wildman–Crippen LogP) is 0.934. The largest absolute Gasteiger partial charge is 0.391 e. The Bertz CT molecular complexity index is 149. The highest BCUT2D eigenvalue weighted by molar-refractivity contribution is 4.92. The molecule has 1 atom stereocenters. The van der Waals surface area contributed by atoms with Gasteiger partial charge in [-0.15, -0.1) is 0 Å². The van der Waals surface area contributed by atoms with Crippen LogP contribution in [0.15, 0.2) is 0 Å². The average Bonchev–Trinajstić information content (AvgIpc) is 1.87. The predicted molar refractivity (Wildman–Crippen MR) is 41.9 cm³/mol. The molecular formula is C8H15NO2. The second kappa shape index (κ2) is 4.32. The lowest BCUT2D eigenvalue weighted by Gasteiger charge is -2.18. The maximum Gasteiger partial charge on any atom is 0.0788 e. The summed E-state index contributed by atoms with van der Waals surface area (Å²) in [6.07, 6.45) is -0.0770. The first kappa shape index (κ1) is 10.4. The van der Waals surface area contributed by atoms with Crippen LogP contribution in [0, 0.1) is 16.7 Å². The summed E-state index contributed by atoms with van der Waals surface area (Å²) in [5, 5.41) is 17.8. The standard InChI is InChI=1S/C8H15NO2/c1-8(2,6-9)4-7(10)5-11-3/h7,10H,4-5H2,1-3H3. The van der Waals surface area contributed by atoms with Crippen molar-refractivity contribution in [3.63, 3.8) is 0 Å². The Hall–Kier alpha value is -0.590. The molecule has 64 valence electrons. The molecule has 0 aromatic rings. The van der Waals surface area contributed by atoms with E-state index in [-0.39, 0.29) is 0 Å². The van der Waals surface area contributed by atoms with E-state index in [2.05, 4.69) is 6.07 Å². The molecule has 0 aromatic carbocycles. The smallest absolute Gasteiger partial charge is 0.0788 e. The minimum Gasteiger partial charge on any atom is -0.391 e. The van der Waals surface area contributed by atoms with Crippen molar-refractivity contribution >= 4 is 0 Å². The molecule has 0 spiro atoms. The average molecular weight is 157 g/mol. The molecule has 0 aliphatic carbocycles. The van der Waals surface area contributed by atoms with Crippen LogP contribution in [-0.4, -0.2) is 24.9 Å². The summed E-state index contributed by atoms with van der Waals surface area (Å²) in [5.74, 6) is 0. The van der Waals surface area contributed by atoms with E-state index in [1.54, 1.807) is 13.8 Å². The molecule has 0 radical (unpaired) electrons. The van der Waals surface area contributed by atoms with Gasteiger partial charge in [-0.2, -0.15) is 5.26 Å². The van der Waals surface area contributed by atoms with Crippen molar-refractivity contribution in [2.75, 3.05) is 13.7 Å². The molecule has 0 aromatic heterocycles. The van der Waals surface area contributed by atoms with Crippen molar-refractivity contribution in [1.82, 2.24) is 0 Å². The van der Waals surface area contributed by atoms with Crippen molar-refractivity contribution in [2.24, 2.45) is 5.41 Å². The Kier molecular flexibility index (Phi) is 4.09. The number of methoxy groups -OCH3 is 1. The number of hydrogen-bond acceptors (Lipinski definition) is 3. The molecule has 11 heavy (non-hydrogen) atoms. The van der Waals surface area contributed by atoms with Gasteiger partial charge in [0.15, 0.2) is 0 Å². The number of rotatable bonds is 4. The Balaban J connectivity index is 3.76. The third-order valence-electron chi connectivity index (χ3n) is 1.41. The molecule has 0 aliphatic rings. The molecule has 1 N–H and O–H groups in total. The Morgan fingerprint density at radius 3 is 2.55 bits per heavy atom. The summed E-state index contributed by atoms with van der Waals surface area (Å²) in [5.41, 5.74) is -0.460. The van der Waals surface area contributed by atoms with Crippen LogP contribution in [-0.2, 0) is 4.74 Å². The van der Waals surface area contributed by atoms with Gasteiger partial charge in [0.2, 0.25) is 0 Å². The van der Waals surface area contributed by atoms with Gasteiger partial charge in [-0.3, -0.25) is 0 Å². The molecular weight excluding hydrogens is 142 g/mol. The van der Waals surface area contributed by atoms with Gasteiger partial charge in [-0.25, -0.2) is 0 Å². The number of nitriles is 1. The van der Waals surface area contributed by atoms with E-state index < -0.39 is 11.5 Å². The molecule has 0 bridgehead atoms. The van der Waals surface area contributed by atoms with Crippen molar-refractivity contribution in [2.45, 2.75) is 26.4 Å². The Labute approximate surface area is 67.6 Å². The Morgan fingerprint density at radius 1 is 1.64 bits per heavy atom. The van der Waals surface area contributed by atoms with Crippen LogP contribution < -0.4 is 0 Å². The minimum atomic E-state index is -0.533. The maximum absolute atomic E-state index is 9.24. The minimum absolute atomic E-state index is 0.297. The fourth-order valence-corrected chi connectivity index (χ4v) is 0.886. The van der Waals surface area contributed by atoms with Gasteiger partial charge >= 0.3 is 0 Å². The normalized spacial score (nSPS) is 14.1. The number of aliphatic hydroxyl groups is 1. The third-order valence-corrected chi connectivity index (χ3v) is 1.41. The van der Waals surface area contributed by atoms with Gasteiger partial charge in [-0.1, -0.05) is 0 Å². The van der Waals surface area contributed by atoms with Crippen molar-refractivity contribution in [1.29, 1.82) is 5.26 Å². The third kappa shape index (κ3) is 4.77. The number of aliphatic hydroxyl groups excluding tert-OH is 1. The SMILES string of the molecule is COCC(O)CC(C)(C)C#N. The van der Waals surface area contributed by atoms with Crippen LogP contribution in [0.5, 0.6) is 0 Å². The molecule has 3 nitrogen and oxygen atoms in total. The van der Waals surface area contributed by atoms with Crippen molar-refractivity contribution in [3.05, 3.63) is 0 Å². The molecule has 0 aliphatic heterocycles. The highest BCUT2D eigenvalue weighted by atomic mass is 16.5. The van der Waals surface area contributed by atoms with Crippen LogP contribution in [0.2, 0.25) is 0 Å². The highest BCUT2D eigenvalue weighted by Crippen LogP contribution is 2.20. The first-order chi connectivity index (χ1) is 5.02. The fourth-order valence-electron chi connectivity index (χ4n) is 0.886. The zero-order chi connectivity index (χ0) is 8.91. The van der Waals surface area contributed by atoms with E-state index >= 15 is 0 Å². The molecule has 0 rings (SSSR count). The molecule has 0 saturated heterocycles. The van der Waals surface area contributed by atoms with Crippen LogP contribution in [0.3, 0.4) is 0 Å². The van der Waals surface area contributed by atoms with Gasteiger partial charge < -0.3 is 9.84 Å². The van der Waals surface area contributed by atoms with Crippen LogP contribution in [0.4, 0.5) is 0 Å². The van der Waals surface area contributed by atoms with E-state index in [1.165, 1.54) is 7.11 Å². The van der Waals surface area contributed by atoms with Crippen molar-refractivity contribution in [3.8, 4) is 6.07 Å². The van der Waals surface area contributed by atoms with Gasteiger partial charge in [0.1, 0.15) is 0 Å². The van der Waals surface area contributed by atoms with Gasteiger partial charge in [0, 0.05) is 7.11 Å². The van der Waals surface area contributed by atoms with Crippen LogP contribution in [0.25, 0.3) is 0 Å². The summed E-state index contributed by atoms with van der Waals surface area (Å²) in [7, 11) is 1.53. The first-order valence-corrected chi connectivity index (χ1v) is 3.60. The maximum atomic E-state index is 9.24. The summed E-state index contributed by atoms with van der Waals surface area (Å²) in [6.45, 7) is 3.89. The summed E-state index contributed by atoms with van der Waals surface area (Å²) in [4.78, 5) is 0. The first-order valence-electron chi connectivity index (χ1n) is 3.60. The zero-order valence-corrected chi connectivity index (χ0v) is 7.29. The lowest BCUT2D eigenvalue weighted by atomic mass is 9.89. The summed E-state index contributed by atoms with van der Waals surface area (Å²) >= 11 is 0. The summed E-state index contributed by atoms with van der Waals surface area (Å²) < 4.78 is 4.73. The topological polar surface area (TPSA) is 53.2 Å². The molecule has 0 saturated carbocycles. The lowest BCUT2D eigenvalue weighted by Crippen LogP contribution is -2.22. The molecule has 0 heterocycles.